The summed E-state index contributed by atoms with van der Waals surface area (Å²) in [5, 5.41) is 18.0. The molecule has 18 heavy (non-hydrogen) atoms. The van der Waals surface area contributed by atoms with Gasteiger partial charge in [0.1, 0.15) is 0 Å². The van der Waals surface area contributed by atoms with Gasteiger partial charge in [-0.25, -0.2) is 4.98 Å². The Bertz CT molecular complexity index is 408. The van der Waals surface area contributed by atoms with Crippen LogP contribution in [0.2, 0.25) is 0 Å². The quantitative estimate of drug-likeness (QED) is 0.808. The summed E-state index contributed by atoms with van der Waals surface area (Å²) in [6.07, 6.45) is -5.20. The van der Waals surface area contributed by atoms with Gasteiger partial charge < -0.3 is 10.2 Å². The van der Waals surface area contributed by atoms with Crippen molar-refractivity contribution in [2.45, 2.75) is 23.7 Å². The van der Waals surface area contributed by atoms with Crippen molar-refractivity contribution in [1.82, 2.24) is 4.98 Å². The Morgan fingerprint density at radius 1 is 1.44 bits per heavy atom. The van der Waals surface area contributed by atoms with E-state index in [1.54, 1.807) is 0 Å². The molecule has 0 radical (unpaired) electrons. The van der Waals surface area contributed by atoms with Gasteiger partial charge >= 0.3 is 12.1 Å². The highest BCUT2D eigenvalue weighted by Crippen LogP contribution is 2.29. The number of aliphatic carboxylic acids is 1. The highest BCUT2D eigenvalue weighted by atomic mass is 32.2. The van der Waals surface area contributed by atoms with E-state index in [0.29, 0.717) is 11.2 Å². The van der Waals surface area contributed by atoms with E-state index in [-0.39, 0.29) is 5.75 Å². The maximum Gasteiger partial charge on any atom is 0.417 e. The molecule has 8 heteroatoms. The molecule has 1 heterocycles. The Hall–Kier alpha value is -1.28. The van der Waals surface area contributed by atoms with Gasteiger partial charge in [-0.3, -0.25) is 4.79 Å². The van der Waals surface area contributed by atoms with Crippen LogP contribution in [0.5, 0.6) is 0 Å². The number of thioether (sulfide) groups is 1. The fourth-order valence-corrected chi connectivity index (χ4v) is 1.85. The second kappa shape index (κ2) is 6.05. The average molecular weight is 281 g/mol. The van der Waals surface area contributed by atoms with E-state index >= 15 is 0 Å². The zero-order chi connectivity index (χ0) is 13.8. The highest BCUT2D eigenvalue weighted by Gasteiger charge is 2.30. The first-order valence-corrected chi connectivity index (χ1v) is 5.83. The lowest BCUT2D eigenvalue weighted by Gasteiger charge is -2.08. The Kier molecular flexibility index (Phi) is 4.97. The molecule has 1 aromatic heterocycles. The number of alkyl halides is 3. The monoisotopic (exact) mass is 281 g/mol. The molecular weight excluding hydrogens is 271 g/mol. The van der Waals surface area contributed by atoms with Crippen molar-refractivity contribution < 1.29 is 28.2 Å². The molecule has 0 aliphatic rings. The molecule has 100 valence electrons. The number of carboxylic acid groups (broad SMARTS) is 1. The number of nitrogens with zero attached hydrogens (tertiary/aromatic N) is 1. The predicted molar refractivity (Wildman–Crippen MR) is 58.2 cm³/mol. The predicted octanol–water partition coefficient (Wildman–Crippen LogP) is 2.03. The van der Waals surface area contributed by atoms with E-state index < -0.39 is 30.2 Å². The molecular formula is C10H10F3NO3S. The number of hydrogen-bond donors (Lipinski definition) is 2. The van der Waals surface area contributed by atoms with Crippen molar-refractivity contribution in [1.29, 1.82) is 0 Å². The molecule has 1 aromatic rings. The lowest BCUT2D eigenvalue weighted by molar-refractivity contribution is -0.139. The second-order valence-corrected chi connectivity index (χ2v) is 4.49. The molecule has 0 aliphatic carbocycles. The molecule has 1 unspecified atom stereocenters. The smallest absolute Gasteiger partial charge is 0.417 e. The van der Waals surface area contributed by atoms with Crippen LogP contribution in [-0.2, 0) is 11.0 Å². The van der Waals surface area contributed by atoms with E-state index in [9.17, 15) is 23.1 Å². The molecule has 0 amide bonds. The maximum atomic E-state index is 12.2. The van der Waals surface area contributed by atoms with Crippen LogP contribution in [0, 0.1) is 0 Å². The van der Waals surface area contributed by atoms with Gasteiger partial charge in [0, 0.05) is 11.9 Å². The van der Waals surface area contributed by atoms with E-state index in [0.717, 1.165) is 17.8 Å². The van der Waals surface area contributed by atoms with Gasteiger partial charge in [0.2, 0.25) is 0 Å². The maximum absolute atomic E-state index is 12.2. The molecule has 0 spiro atoms. The molecule has 4 nitrogen and oxygen atoms in total. The molecule has 0 aliphatic heterocycles. The number of carbonyl (C=O) groups is 1. The first kappa shape index (κ1) is 14.8. The number of rotatable bonds is 5. The first-order chi connectivity index (χ1) is 8.29. The lowest BCUT2D eigenvalue weighted by Crippen LogP contribution is -2.15. The number of hydrogen-bond acceptors (Lipinski definition) is 4. The van der Waals surface area contributed by atoms with Crippen LogP contribution in [-0.4, -0.2) is 33.0 Å². The van der Waals surface area contributed by atoms with E-state index in [2.05, 4.69) is 4.98 Å². The highest BCUT2D eigenvalue weighted by molar-refractivity contribution is 7.99. The summed E-state index contributed by atoms with van der Waals surface area (Å²) in [5.74, 6) is -1.08. The minimum absolute atomic E-state index is 0.0602. The van der Waals surface area contributed by atoms with Gasteiger partial charge in [-0.2, -0.15) is 13.2 Å². The van der Waals surface area contributed by atoms with Crippen molar-refractivity contribution in [3.05, 3.63) is 23.9 Å². The molecule has 2 N–H and O–H groups in total. The van der Waals surface area contributed by atoms with Crippen molar-refractivity contribution in [3.8, 4) is 0 Å². The average Bonchev–Trinajstić information content (AvgIpc) is 2.25. The number of aliphatic hydroxyl groups excluding tert-OH is 1. The van der Waals surface area contributed by atoms with Crippen LogP contribution in [0.25, 0.3) is 0 Å². The van der Waals surface area contributed by atoms with Gasteiger partial charge in [0.25, 0.3) is 0 Å². The minimum Gasteiger partial charge on any atom is -0.481 e. The third-order valence-electron chi connectivity index (χ3n) is 1.90. The van der Waals surface area contributed by atoms with E-state index in [4.69, 9.17) is 5.11 Å². The standard InChI is InChI=1S/C10H10F3NO3S/c11-10(12,13)6-1-2-8(14-4-6)18-5-7(15)3-9(16)17/h1-2,4,7,15H,3,5H2,(H,16,17). The summed E-state index contributed by atoms with van der Waals surface area (Å²) >= 11 is 0.998. The Morgan fingerprint density at radius 3 is 2.56 bits per heavy atom. The van der Waals surface area contributed by atoms with Crippen LogP contribution in [0.1, 0.15) is 12.0 Å². The molecule has 0 fully saturated rings. The van der Waals surface area contributed by atoms with Gasteiger partial charge in [-0.05, 0) is 12.1 Å². The largest absolute Gasteiger partial charge is 0.481 e. The summed E-state index contributed by atoms with van der Waals surface area (Å²) in [6, 6.07) is 2.07. The second-order valence-electron chi connectivity index (χ2n) is 3.45. The fraction of sp³-hybridized carbons (Fsp3) is 0.400. The van der Waals surface area contributed by atoms with Crippen LogP contribution in [0.4, 0.5) is 13.2 Å². The van der Waals surface area contributed by atoms with Crippen molar-refractivity contribution >= 4 is 17.7 Å². The Labute approximate surface area is 105 Å². The van der Waals surface area contributed by atoms with Gasteiger partial charge in [0.05, 0.1) is 23.1 Å². The van der Waals surface area contributed by atoms with E-state index in [1.807, 2.05) is 0 Å². The molecule has 1 atom stereocenters. The van der Waals surface area contributed by atoms with Crippen LogP contribution in [0.15, 0.2) is 23.4 Å². The topological polar surface area (TPSA) is 70.4 Å². The number of pyridine rings is 1. The fourth-order valence-electron chi connectivity index (χ4n) is 1.08. The SMILES string of the molecule is O=C(O)CC(O)CSc1ccc(C(F)(F)F)cn1. The summed E-state index contributed by atoms with van der Waals surface area (Å²) in [5.41, 5.74) is -0.849. The summed E-state index contributed by atoms with van der Waals surface area (Å²) in [6.45, 7) is 0. The number of aliphatic hydroxyl groups is 1. The summed E-state index contributed by atoms with van der Waals surface area (Å²) < 4.78 is 36.7. The number of halogens is 3. The third kappa shape index (κ3) is 4.92. The first-order valence-electron chi connectivity index (χ1n) is 4.85. The normalized spacial score (nSPS) is 13.3. The van der Waals surface area contributed by atoms with Crippen molar-refractivity contribution in [2.24, 2.45) is 0 Å². The Balaban J connectivity index is 2.52. The molecule has 0 saturated heterocycles. The zero-order valence-electron chi connectivity index (χ0n) is 9.02. The van der Waals surface area contributed by atoms with Crippen molar-refractivity contribution in [3.63, 3.8) is 0 Å². The van der Waals surface area contributed by atoms with Gasteiger partial charge in [0.15, 0.2) is 0 Å². The lowest BCUT2D eigenvalue weighted by atomic mass is 10.3. The third-order valence-corrected chi connectivity index (χ3v) is 2.99. The van der Waals surface area contributed by atoms with Gasteiger partial charge in [-0.15, -0.1) is 11.8 Å². The van der Waals surface area contributed by atoms with E-state index in [1.165, 1.54) is 6.07 Å². The Morgan fingerprint density at radius 2 is 2.11 bits per heavy atom. The van der Waals surface area contributed by atoms with Crippen molar-refractivity contribution in [2.75, 3.05) is 5.75 Å². The molecule has 1 rings (SSSR count). The summed E-state index contributed by atoms with van der Waals surface area (Å²) in [4.78, 5) is 13.8. The molecule has 0 aromatic carbocycles. The zero-order valence-corrected chi connectivity index (χ0v) is 9.83. The number of aromatic nitrogens is 1. The molecule has 0 bridgehead atoms. The van der Waals surface area contributed by atoms with Crippen LogP contribution in [0.3, 0.4) is 0 Å². The van der Waals surface area contributed by atoms with Crippen LogP contribution >= 0.6 is 11.8 Å². The number of carboxylic acids is 1. The van der Waals surface area contributed by atoms with Gasteiger partial charge in [-0.1, -0.05) is 0 Å². The van der Waals surface area contributed by atoms with Crippen LogP contribution < -0.4 is 0 Å². The summed E-state index contributed by atoms with van der Waals surface area (Å²) in [7, 11) is 0. The minimum atomic E-state index is -4.43. The molecule has 0 saturated carbocycles.